The third-order valence-electron chi connectivity index (χ3n) is 2.88. The van der Waals surface area contributed by atoms with Crippen molar-refractivity contribution in [2.24, 2.45) is 0 Å². The number of benzene rings is 1. The van der Waals surface area contributed by atoms with E-state index in [1.807, 2.05) is 37.2 Å². The molecule has 1 aromatic heterocycles. The molecule has 0 aliphatic heterocycles. The van der Waals surface area contributed by atoms with Crippen LogP contribution in [0.3, 0.4) is 0 Å². The van der Waals surface area contributed by atoms with Crippen LogP contribution in [0.4, 0.5) is 11.5 Å². The molecule has 0 radical (unpaired) electrons. The number of carbonyl (C=O) groups excluding carboxylic acids is 1. The lowest BCUT2D eigenvalue weighted by molar-refractivity contribution is 0.0945. The van der Waals surface area contributed by atoms with E-state index in [4.69, 9.17) is 11.6 Å². The molecule has 1 amide bonds. The van der Waals surface area contributed by atoms with Crippen LogP contribution in [0.25, 0.3) is 0 Å². The zero-order valence-electron chi connectivity index (χ0n) is 12.5. The molecule has 0 saturated carbocycles. The highest BCUT2D eigenvalue weighted by atomic mass is 35.5. The Balaban J connectivity index is 1.95. The molecule has 1 heterocycles. The minimum atomic E-state index is -0.237. The van der Waals surface area contributed by atoms with Crippen molar-refractivity contribution in [1.29, 1.82) is 0 Å². The summed E-state index contributed by atoms with van der Waals surface area (Å²) in [5.74, 6) is 0.289. The summed E-state index contributed by atoms with van der Waals surface area (Å²) in [6.45, 7) is 1.33. The third-order valence-corrected chi connectivity index (χ3v) is 3.21. The van der Waals surface area contributed by atoms with E-state index < -0.39 is 0 Å². The molecule has 2 aromatic rings. The molecular weight excluding hydrogens is 302 g/mol. The standard InChI is InChI=1S/C15H18ClN5O/c1-21(2)10-9-17-15(22)13-7-8-14(20-19-13)18-12-6-4-3-5-11(12)16/h3-8H,9-10H2,1-2H3,(H,17,22)(H,18,20). The monoisotopic (exact) mass is 319 g/mol. The average Bonchev–Trinajstić information content (AvgIpc) is 2.50. The van der Waals surface area contributed by atoms with Gasteiger partial charge in [-0.15, -0.1) is 10.2 Å². The average molecular weight is 320 g/mol. The summed E-state index contributed by atoms with van der Waals surface area (Å²) in [5, 5.41) is 14.3. The Morgan fingerprint density at radius 3 is 2.59 bits per heavy atom. The van der Waals surface area contributed by atoms with Gasteiger partial charge >= 0.3 is 0 Å². The second kappa shape index (κ2) is 7.72. The number of likely N-dealkylation sites (N-methyl/N-ethyl adjacent to an activating group) is 1. The predicted octanol–water partition coefficient (Wildman–Crippen LogP) is 2.17. The Morgan fingerprint density at radius 1 is 1.18 bits per heavy atom. The number of hydrogen-bond acceptors (Lipinski definition) is 5. The topological polar surface area (TPSA) is 70.2 Å². The maximum absolute atomic E-state index is 11.9. The van der Waals surface area contributed by atoms with Gasteiger partial charge < -0.3 is 15.5 Å². The van der Waals surface area contributed by atoms with E-state index in [2.05, 4.69) is 20.8 Å². The molecule has 7 heteroatoms. The van der Waals surface area contributed by atoms with Crippen molar-refractivity contribution in [3.63, 3.8) is 0 Å². The van der Waals surface area contributed by atoms with Crippen LogP contribution in [0.2, 0.25) is 5.02 Å². The molecule has 22 heavy (non-hydrogen) atoms. The number of anilines is 2. The van der Waals surface area contributed by atoms with Crippen molar-refractivity contribution in [3.8, 4) is 0 Å². The summed E-state index contributed by atoms with van der Waals surface area (Å²) in [7, 11) is 3.89. The van der Waals surface area contributed by atoms with Crippen LogP contribution in [0.1, 0.15) is 10.5 Å². The Hall–Kier alpha value is -2.18. The number of nitrogens with zero attached hydrogens (tertiary/aromatic N) is 3. The number of nitrogens with one attached hydrogen (secondary N) is 2. The first-order valence-electron chi connectivity index (χ1n) is 6.84. The van der Waals surface area contributed by atoms with E-state index in [-0.39, 0.29) is 11.6 Å². The third kappa shape index (κ3) is 4.68. The van der Waals surface area contributed by atoms with Gasteiger partial charge in [-0.1, -0.05) is 23.7 Å². The van der Waals surface area contributed by atoms with Crippen molar-refractivity contribution in [1.82, 2.24) is 20.4 Å². The number of para-hydroxylation sites is 1. The first kappa shape index (κ1) is 16.2. The minimum Gasteiger partial charge on any atom is -0.349 e. The summed E-state index contributed by atoms with van der Waals surface area (Å²) >= 11 is 6.06. The second-order valence-electron chi connectivity index (χ2n) is 4.97. The van der Waals surface area contributed by atoms with Crippen LogP contribution >= 0.6 is 11.6 Å². The molecule has 1 aromatic carbocycles. The molecule has 2 N–H and O–H groups in total. The summed E-state index contributed by atoms with van der Waals surface area (Å²) in [6.07, 6.45) is 0. The Bertz CT molecular complexity index is 630. The van der Waals surface area contributed by atoms with Crippen LogP contribution in [-0.2, 0) is 0 Å². The number of hydrogen-bond donors (Lipinski definition) is 2. The Morgan fingerprint density at radius 2 is 1.95 bits per heavy atom. The summed E-state index contributed by atoms with van der Waals surface area (Å²) < 4.78 is 0. The number of halogens is 1. The number of aromatic nitrogens is 2. The van der Waals surface area contributed by atoms with E-state index in [1.165, 1.54) is 0 Å². The summed E-state index contributed by atoms with van der Waals surface area (Å²) in [4.78, 5) is 13.9. The maximum Gasteiger partial charge on any atom is 0.271 e. The lowest BCUT2D eigenvalue weighted by atomic mass is 10.3. The van der Waals surface area contributed by atoms with Crippen LogP contribution in [0.15, 0.2) is 36.4 Å². The van der Waals surface area contributed by atoms with E-state index in [0.717, 1.165) is 12.2 Å². The molecule has 0 spiro atoms. The lowest BCUT2D eigenvalue weighted by Gasteiger charge is -2.10. The highest BCUT2D eigenvalue weighted by Gasteiger charge is 2.08. The van der Waals surface area contributed by atoms with Crippen LogP contribution < -0.4 is 10.6 Å². The van der Waals surface area contributed by atoms with Gasteiger partial charge in [-0.25, -0.2) is 0 Å². The van der Waals surface area contributed by atoms with Crippen molar-refractivity contribution in [2.75, 3.05) is 32.5 Å². The fraction of sp³-hybridized carbons (Fsp3) is 0.267. The molecule has 0 fully saturated rings. The van der Waals surface area contributed by atoms with Gasteiger partial charge in [-0.05, 0) is 38.4 Å². The molecule has 0 aliphatic rings. The molecule has 0 unspecified atom stereocenters. The fourth-order valence-electron chi connectivity index (χ4n) is 1.70. The van der Waals surface area contributed by atoms with Crippen LogP contribution in [-0.4, -0.2) is 48.2 Å². The van der Waals surface area contributed by atoms with Crippen molar-refractivity contribution in [3.05, 3.63) is 47.1 Å². The van der Waals surface area contributed by atoms with Gasteiger partial charge in [0.05, 0.1) is 10.7 Å². The van der Waals surface area contributed by atoms with E-state index in [0.29, 0.717) is 17.4 Å². The quantitative estimate of drug-likeness (QED) is 0.854. The lowest BCUT2D eigenvalue weighted by Crippen LogP contribution is -2.31. The van der Waals surface area contributed by atoms with Crippen molar-refractivity contribution >= 4 is 29.0 Å². The Kier molecular flexibility index (Phi) is 5.68. The SMILES string of the molecule is CN(C)CCNC(=O)c1ccc(Nc2ccccc2Cl)nn1. The number of amides is 1. The second-order valence-corrected chi connectivity index (χ2v) is 5.38. The molecule has 0 bridgehead atoms. The van der Waals surface area contributed by atoms with Gasteiger partial charge in [-0.3, -0.25) is 4.79 Å². The molecule has 116 valence electrons. The van der Waals surface area contributed by atoms with Gasteiger partial charge in [0.2, 0.25) is 0 Å². The summed E-state index contributed by atoms with van der Waals surface area (Å²) in [5.41, 5.74) is 1.02. The zero-order valence-corrected chi connectivity index (χ0v) is 13.3. The predicted molar refractivity (Wildman–Crippen MR) is 87.7 cm³/mol. The smallest absolute Gasteiger partial charge is 0.271 e. The summed E-state index contributed by atoms with van der Waals surface area (Å²) in [6, 6.07) is 10.7. The molecular formula is C15H18ClN5O. The first-order chi connectivity index (χ1) is 10.6. The van der Waals surface area contributed by atoms with E-state index >= 15 is 0 Å². The molecule has 6 nitrogen and oxygen atoms in total. The highest BCUT2D eigenvalue weighted by molar-refractivity contribution is 6.33. The van der Waals surface area contributed by atoms with Gasteiger partial charge in [0, 0.05) is 13.1 Å². The first-order valence-corrected chi connectivity index (χ1v) is 7.22. The Labute approximate surface area is 134 Å². The highest BCUT2D eigenvalue weighted by Crippen LogP contribution is 2.23. The van der Waals surface area contributed by atoms with Crippen molar-refractivity contribution < 1.29 is 4.79 Å². The number of rotatable bonds is 6. The maximum atomic E-state index is 11.9. The van der Waals surface area contributed by atoms with Gasteiger partial charge in [-0.2, -0.15) is 0 Å². The van der Waals surface area contributed by atoms with Crippen molar-refractivity contribution in [2.45, 2.75) is 0 Å². The van der Waals surface area contributed by atoms with Gasteiger partial charge in [0.15, 0.2) is 11.5 Å². The molecule has 0 atom stereocenters. The fourth-order valence-corrected chi connectivity index (χ4v) is 1.89. The molecule has 0 saturated heterocycles. The van der Waals surface area contributed by atoms with Gasteiger partial charge in [0.1, 0.15) is 0 Å². The molecule has 2 rings (SSSR count). The minimum absolute atomic E-state index is 0.237. The van der Waals surface area contributed by atoms with Crippen LogP contribution in [0, 0.1) is 0 Å². The molecule has 0 aliphatic carbocycles. The van der Waals surface area contributed by atoms with Gasteiger partial charge in [0.25, 0.3) is 5.91 Å². The van der Waals surface area contributed by atoms with E-state index in [9.17, 15) is 4.79 Å². The normalized spacial score (nSPS) is 10.5. The zero-order chi connectivity index (χ0) is 15.9. The largest absolute Gasteiger partial charge is 0.349 e. The van der Waals surface area contributed by atoms with E-state index in [1.54, 1.807) is 18.2 Å². The van der Waals surface area contributed by atoms with Crippen LogP contribution in [0.5, 0.6) is 0 Å². The number of carbonyl (C=O) groups is 1.